The molecular weight excluding hydrogens is 86.1 g/mol. The average molecular weight is 99.2 g/mol. The molecule has 0 heterocycles. The highest BCUT2D eigenvalue weighted by Crippen LogP contribution is 2.41. The van der Waals surface area contributed by atoms with Crippen LogP contribution in [-0.2, 0) is 0 Å². The van der Waals surface area contributed by atoms with Gasteiger partial charge in [0.25, 0.3) is 0 Å². The van der Waals surface area contributed by atoms with E-state index in [1.807, 2.05) is 7.05 Å². The summed E-state index contributed by atoms with van der Waals surface area (Å²) >= 11 is 0. The van der Waals surface area contributed by atoms with Gasteiger partial charge in [0.05, 0.1) is 0 Å². The predicted octanol–water partition coefficient (Wildman–Crippen LogP) is 1.00. The second kappa shape index (κ2) is 1.22. The molecule has 0 bridgehead atoms. The van der Waals surface area contributed by atoms with Crippen LogP contribution in [0.4, 0.5) is 0 Å². The van der Waals surface area contributed by atoms with Gasteiger partial charge in [-0.3, -0.25) is 0 Å². The van der Waals surface area contributed by atoms with Gasteiger partial charge in [0.1, 0.15) is 0 Å². The molecule has 1 heteroatoms. The lowest BCUT2D eigenvalue weighted by Crippen LogP contribution is -2.24. The molecule has 1 fully saturated rings. The minimum atomic E-state index is 0.500. The van der Waals surface area contributed by atoms with Crippen LogP contribution >= 0.6 is 0 Å². The van der Waals surface area contributed by atoms with E-state index in [4.69, 9.17) is 0 Å². The Kier molecular flexibility index (Phi) is 0.890. The van der Waals surface area contributed by atoms with Gasteiger partial charge in [0, 0.05) is 5.54 Å². The third-order valence-electron chi connectivity index (χ3n) is 2.23. The van der Waals surface area contributed by atoms with Crippen LogP contribution in [0, 0.1) is 5.92 Å². The second-order valence-corrected chi connectivity index (χ2v) is 2.77. The molecule has 7 heavy (non-hydrogen) atoms. The Balaban J connectivity index is 2.36. The third-order valence-corrected chi connectivity index (χ3v) is 2.23. The van der Waals surface area contributed by atoms with Crippen LogP contribution in [0.15, 0.2) is 0 Å². The van der Waals surface area contributed by atoms with Gasteiger partial charge in [-0.2, -0.15) is 0 Å². The van der Waals surface area contributed by atoms with E-state index < -0.39 is 0 Å². The Labute approximate surface area is 45.1 Å². The summed E-state index contributed by atoms with van der Waals surface area (Å²) in [5, 5.41) is 3.27. The summed E-state index contributed by atoms with van der Waals surface area (Å²) in [5.41, 5.74) is 0.500. The largest absolute Gasteiger partial charge is 0.314 e. The summed E-state index contributed by atoms with van der Waals surface area (Å²) in [5.74, 6) is 0.900. The van der Waals surface area contributed by atoms with Crippen molar-refractivity contribution in [1.29, 1.82) is 0 Å². The molecule has 2 unspecified atom stereocenters. The Morgan fingerprint density at radius 3 is 2.14 bits per heavy atom. The Hall–Kier alpha value is -0.0400. The van der Waals surface area contributed by atoms with Gasteiger partial charge < -0.3 is 5.32 Å². The minimum Gasteiger partial charge on any atom is -0.314 e. The quantitative estimate of drug-likeness (QED) is 0.517. The molecular formula is C6H13N. The van der Waals surface area contributed by atoms with Crippen molar-refractivity contribution in [3.8, 4) is 0 Å². The first-order valence-electron chi connectivity index (χ1n) is 2.88. The first-order valence-corrected chi connectivity index (χ1v) is 2.88. The summed E-state index contributed by atoms with van der Waals surface area (Å²) in [4.78, 5) is 0. The molecule has 1 N–H and O–H groups in total. The molecule has 0 aromatic carbocycles. The fourth-order valence-corrected chi connectivity index (χ4v) is 0.926. The molecule has 0 spiro atoms. The second-order valence-electron chi connectivity index (χ2n) is 2.77. The van der Waals surface area contributed by atoms with Crippen molar-refractivity contribution in [3.63, 3.8) is 0 Å². The topological polar surface area (TPSA) is 12.0 Å². The van der Waals surface area contributed by atoms with Crippen LogP contribution in [0.25, 0.3) is 0 Å². The summed E-state index contributed by atoms with van der Waals surface area (Å²) in [6.07, 6.45) is 1.35. The van der Waals surface area contributed by atoms with Crippen LogP contribution in [0.1, 0.15) is 20.3 Å². The molecule has 1 aliphatic carbocycles. The summed E-state index contributed by atoms with van der Waals surface area (Å²) in [6.45, 7) is 4.54. The minimum absolute atomic E-state index is 0.500. The molecule has 1 aliphatic rings. The summed E-state index contributed by atoms with van der Waals surface area (Å²) in [6, 6.07) is 0. The average Bonchev–Trinajstić information content (AvgIpc) is 2.18. The van der Waals surface area contributed by atoms with E-state index in [2.05, 4.69) is 19.2 Å². The van der Waals surface area contributed by atoms with Crippen LogP contribution in [-0.4, -0.2) is 12.6 Å². The van der Waals surface area contributed by atoms with Gasteiger partial charge in [-0.15, -0.1) is 0 Å². The Morgan fingerprint density at radius 1 is 1.71 bits per heavy atom. The number of nitrogens with one attached hydrogen (secondary N) is 1. The summed E-state index contributed by atoms with van der Waals surface area (Å²) < 4.78 is 0. The molecule has 0 saturated heterocycles. The van der Waals surface area contributed by atoms with E-state index >= 15 is 0 Å². The zero-order valence-electron chi connectivity index (χ0n) is 5.28. The van der Waals surface area contributed by atoms with E-state index in [-0.39, 0.29) is 0 Å². The first-order chi connectivity index (χ1) is 3.19. The zero-order valence-corrected chi connectivity index (χ0v) is 5.28. The first kappa shape index (κ1) is 5.10. The molecule has 42 valence electrons. The van der Waals surface area contributed by atoms with Crippen LogP contribution in [0.2, 0.25) is 0 Å². The fourth-order valence-electron chi connectivity index (χ4n) is 0.926. The molecule has 0 aromatic rings. The number of hydrogen-bond acceptors (Lipinski definition) is 1. The van der Waals surface area contributed by atoms with Crippen LogP contribution in [0.5, 0.6) is 0 Å². The maximum absolute atomic E-state index is 3.27. The van der Waals surface area contributed by atoms with Crippen molar-refractivity contribution in [2.24, 2.45) is 5.92 Å². The fraction of sp³-hybridized carbons (Fsp3) is 1.00. The molecule has 0 amide bonds. The van der Waals surface area contributed by atoms with E-state index in [0.717, 1.165) is 5.92 Å². The van der Waals surface area contributed by atoms with Crippen molar-refractivity contribution < 1.29 is 0 Å². The lowest BCUT2D eigenvalue weighted by Gasteiger charge is -2.04. The SMILES string of the molecule is CNC1(C)CC1C. The van der Waals surface area contributed by atoms with Gasteiger partial charge in [-0.05, 0) is 26.3 Å². The van der Waals surface area contributed by atoms with Gasteiger partial charge in [0.15, 0.2) is 0 Å². The molecule has 1 saturated carbocycles. The van der Waals surface area contributed by atoms with Gasteiger partial charge >= 0.3 is 0 Å². The number of hydrogen-bond donors (Lipinski definition) is 1. The summed E-state index contributed by atoms with van der Waals surface area (Å²) in [7, 11) is 2.03. The maximum Gasteiger partial charge on any atom is 0.0179 e. The van der Waals surface area contributed by atoms with Crippen LogP contribution in [0.3, 0.4) is 0 Å². The Morgan fingerprint density at radius 2 is 2.14 bits per heavy atom. The highest BCUT2D eigenvalue weighted by molar-refractivity contribution is 5.03. The maximum atomic E-state index is 3.27. The van der Waals surface area contributed by atoms with Gasteiger partial charge in [-0.1, -0.05) is 6.92 Å². The lowest BCUT2D eigenvalue weighted by atomic mass is 10.3. The van der Waals surface area contributed by atoms with E-state index in [0.29, 0.717) is 5.54 Å². The molecule has 1 nitrogen and oxygen atoms in total. The molecule has 1 rings (SSSR count). The number of rotatable bonds is 1. The molecule has 2 atom stereocenters. The van der Waals surface area contributed by atoms with Crippen molar-refractivity contribution >= 4 is 0 Å². The van der Waals surface area contributed by atoms with Crippen molar-refractivity contribution in [2.75, 3.05) is 7.05 Å². The highest BCUT2D eigenvalue weighted by atomic mass is 15.0. The van der Waals surface area contributed by atoms with Gasteiger partial charge in [0.2, 0.25) is 0 Å². The van der Waals surface area contributed by atoms with E-state index in [1.165, 1.54) is 6.42 Å². The van der Waals surface area contributed by atoms with E-state index in [9.17, 15) is 0 Å². The van der Waals surface area contributed by atoms with Crippen LogP contribution < -0.4 is 5.32 Å². The highest BCUT2D eigenvalue weighted by Gasteiger charge is 2.44. The van der Waals surface area contributed by atoms with E-state index in [1.54, 1.807) is 0 Å². The predicted molar refractivity (Wildman–Crippen MR) is 31.2 cm³/mol. The zero-order chi connectivity index (χ0) is 5.49. The monoisotopic (exact) mass is 99.1 g/mol. The lowest BCUT2D eigenvalue weighted by molar-refractivity contribution is 0.560. The molecule has 0 radical (unpaired) electrons. The normalized spacial score (nSPS) is 49.3. The smallest absolute Gasteiger partial charge is 0.0179 e. The third kappa shape index (κ3) is 0.653. The molecule has 0 aliphatic heterocycles. The van der Waals surface area contributed by atoms with Gasteiger partial charge in [-0.25, -0.2) is 0 Å². The van der Waals surface area contributed by atoms with Crippen molar-refractivity contribution in [3.05, 3.63) is 0 Å². The standard InChI is InChI=1S/C6H13N/c1-5-4-6(5,2)7-3/h5,7H,4H2,1-3H3. The Bertz CT molecular complexity index is 76.2. The molecule has 0 aromatic heterocycles. The van der Waals surface area contributed by atoms with Crippen molar-refractivity contribution in [2.45, 2.75) is 25.8 Å². The van der Waals surface area contributed by atoms with Crippen molar-refractivity contribution in [1.82, 2.24) is 5.32 Å².